The van der Waals surface area contributed by atoms with Gasteiger partial charge in [-0.3, -0.25) is 14.6 Å². The molecule has 3 N–H and O–H groups in total. The van der Waals surface area contributed by atoms with Gasteiger partial charge in [0.2, 0.25) is 0 Å². The smallest absolute Gasteiger partial charge is 0.261 e. The molecule has 0 saturated heterocycles. The van der Waals surface area contributed by atoms with Crippen molar-refractivity contribution in [3.05, 3.63) is 70.0 Å². The van der Waals surface area contributed by atoms with E-state index in [2.05, 4.69) is 20.2 Å². The van der Waals surface area contributed by atoms with Crippen LogP contribution in [0.1, 0.15) is 28.7 Å². The summed E-state index contributed by atoms with van der Waals surface area (Å²) in [4.78, 5) is 12.3. The van der Waals surface area contributed by atoms with Gasteiger partial charge in [0.15, 0.2) is 10.6 Å². The molecule has 0 spiro atoms. The van der Waals surface area contributed by atoms with E-state index in [4.69, 9.17) is 12.2 Å². The van der Waals surface area contributed by atoms with Crippen molar-refractivity contribution in [2.45, 2.75) is 31.8 Å². The first-order valence-corrected chi connectivity index (χ1v) is 10.9. The zero-order chi connectivity index (χ0) is 21.9. The third-order valence-corrected chi connectivity index (χ3v) is 6.09. The van der Waals surface area contributed by atoms with E-state index in [0.717, 1.165) is 6.07 Å². The molecule has 2 aromatic carbocycles. The minimum absolute atomic E-state index is 0.0486. The van der Waals surface area contributed by atoms with E-state index in [9.17, 15) is 17.6 Å². The van der Waals surface area contributed by atoms with Crippen molar-refractivity contribution in [2.24, 2.45) is 0 Å². The Bertz CT molecular complexity index is 1230. The van der Waals surface area contributed by atoms with Crippen LogP contribution >= 0.6 is 12.2 Å². The molecule has 11 heteroatoms. The Morgan fingerprint density at radius 2 is 1.93 bits per heavy atom. The number of aromatic nitrogens is 3. The van der Waals surface area contributed by atoms with Crippen LogP contribution in [0.4, 0.5) is 10.1 Å². The van der Waals surface area contributed by atoms with E-state index in [1.807, 2.05) is 6.92 Å². The molecule has 0 bridgehead atoms. The van der Waals surface area contributed by atoms with Crippen molar-refractivity contribution >= 4 is 33.8 Å². The van der Waals surface area contributed by atoms with Crippen LogP contribution in [-0.2, 0) is 23.1 Å². The number of sulfonamides is 1. The second-order valence-electron chi connectivity index (χ2n) is 6.47. The summed E-state index contributed by atoms with van der Waals surface area (Å²) >= 11 is 5.11. The monoisotopic (exact) mass is 449 g/mol. The van der Waals surface area contributed by atoms with Crippen molar-refractivity contribution < 1.29 is 17.6 Å². The lowest BCUT2D eigenvalue weighted by molar-refractivity contribution is 0.0949. The van der Waals surface area contributed by atoms with Crippen molar-refractivity contribution in [2.75, 3.05) is 4.72 Å². The lowest BCUT2D eigenvalue weighted by atomic mass is 10.2. The molecule has 0 unspecified atom stereocenters. The molecule has 0 fully saturated rings. The molecule has 0 aliphatic carbocycles. The second-order valence-corrected chi connectivity index (χ2v) is 8.53. The van der Waals surface area contributed by atoms with Gasteiger partial charge in [-0.1, -0.05) is 0 Å². The van der Waals surface area contributed by atoms with Crippen LogP contribution in [0, 0.1) is 17.5 Å². The number of aryl methyl sites for hydroxylation is 1. The van der Waals surface area contributed by atoms with Crippen LogP contribution in [0.5, 0.6) is 0 Å². The number of H-pyrrole nitrogens is 1. The maximum Gasteiger partial charge on any atom is 0.261 e. The average Bonchev–Trinajstić information content (AvgIpc) is 3.07. The second kappa shape index (κ2) is 8.76. The number of amides is 1. The van der Waals surface area contributed by atoms with E-state index >= 15 is 0 Å². The number of benzene rings is 2. The van der Waals surface area contributed by atoms with E-state index in [1.54, 1.807) is 4.57 Å². The number of carbonyl (C=O) groups is 1. The highest BCUT2D eigenvalue weighted by Gasteiger charge is 2.16. The summed E-state index contributed by atoms with van der Waals surface area (Å²) < 4.78 is 43.0. The highest BCUT2D eigenvalue weighted by molar-refractivity contribution is 7.92. The molecule has 1 amide bonds. The first-order chi connectivity index (χ1) is 14.2. The molecular weight excluding hydrogens is 429 g/mol. The molecule has 158 valence electrons. The van der Waals surface area contributed by atoms with Gasteiger partial charge in [0.25, 0.3) is 15.9 Å². The van der Waals surface area contributed by atoms with Crippen molar-refractivity contribution in [1.29, 1.82) is 0 Å². The van der Waals surface area contributed by atoms with Gasteiger partial charge in [0.1, 0.15) is 5.82 Å². The summed E-state index contributed by atoms with van der Waals surface area (Å²) in [6.45, 7) is 4.23. The van der Waals surface area contributed by atoms with Crippen LogP contribution in [0.15, 0.2) is 47.4 Å². The van der Waals surface area contributed by atoms with Crippen LogP contribution in [-0.4, -0.2) is 29.1 Å². The topological polar surface area (TPSA) is 109 Å². The number of anilines is 1. The fraction of sp³-hybridized carbons (Fsp3) is 0.211. The SMILES string of the molecule is CCn1c(CNC(=O)c2ccc(NS(=O)(=O)c3ccc(F)c(C)c3)cc2)n[nH]c1=S. The minimum Gasteiger partial charge on any atom is -0.345 e. The number of halogens is 1. The highest BCUT2D eigenvalue weighted by atomic mass is 32.2. The zero-order valence-electron chi connectivity index (χ0n) is 16.3. The van der Waals surface area contributed by atoms with Crippen molar-refractivity contribution in [1.82, 2.24) is 20.1 Å². The number of hydrogen-bond donors (Lipinski definition) is 3. The van der Waals surface area contributed by atoms with Crippen LogP contribution in [0.3, 0.4) is 0 Å². The summed E-state index contributed by atoms with van der Waals surface area (Å²) in [7, 11) is -3.88. The number of hydrogen-bond acceptors (Lipinski definition) is 5. The molecule has 8 nitrogen and oxygen atoms in total. The first-order valence-electron chi connectivity index (χ1n) is 9.02. The van der Waals surface area contributed by atoms with E-state index in [-0.39, 0.29) is 28.6 Å². The molecule has 0 aliphatic rings. The summed E-state index contributed by atoms with van der Waals surface area (Å²) in [5, 5.41) is 9.50. The molecule has 3 aromatic rings. The predicted molar refractivity (Wildman–Crippen MR) is 113 cm³/mol. The Kier molecular flexibility index (Phi) is 6.32. The highest BCUT2D eigenvalue weighted by Crippen LogP contribution is 2.19. The standard InChI is InChI=1S/C19H20FN5O3S2/c1-3-25-17(22-23-19(25)29)11-21-18(26)13-4-6-14(7-5-13)24-30(27,28)15-8-9-16(20)12(2)10-15/h4-10,24H,3,11H2,1-2H3,(H,21,26)(H,23,29). The summed E-state index contributed by atoms with van der Waals surface area (Å²) in [6.07, 6.45) is 0. The van der Waals surface area contributed by atoms with Gasteiger partial charge in [-0.15, -0.1) is 0 Å². The van der Waals surface area contributed by atoms with Gasteiger partial charge < -0.3 is 9.88 Å². The maximum absolute atomic E-state index is 13.4. The molecule has 30 heavy (non-hydrogen) atoms. The van der Waals surface area contributed by atoms with Gasteiger partial charge in [0, 0.05) is 17.8 Å². The van der Waals surface area contributed by atoms with Crippen LogP contribution in [0.25, 0.3) is 0 Å². The summed E-state index contributed by atoms with van der Waals surface area (Å²) in [5.41, 5.74) is 0.863. The van der Waals surface area contributed by atoms with Crippen LogP contribution in [0.2, 0.25) is 0 Å². The predicted octanol–water partition coefficient (Wildman–Crippen LogP) is 3.14. The minimum atomic E-state index is -3.88. The molecule has 0 saturated carbocycles. The Morgan fingerprint density at radius 3 is 2.57 bits per heavy atom. The van der Waals surface area contributed by atoms with Crippen molar-refractivity contribution in [3.8, 4) is 0 Å². The third kappa shape index (κ3) is 4.74. The zero-order valence-corrected chi connectivity index (χ0v) is 17.9. The van der Waals surface area contributed by atoms with Gasteiger partial charge in [-0.2, -0.15) is 5.10 Å². The largest absolute Gasteiger partial charge is 0.345 e. The fourth-order valence-corrected chi connectivity index (χ4v) is 4.18. The Labute approximate surface area is 178 Å². The van der Waals surface area contributed by atoms with Gasteiger partial charge in [-0.25, -0.2) is 12.8 Å². The third-order valence-electron chi connectivity index (χ3n) is 4.40. The number of nitrogens with zero attached hydrogens (tertiary/aromatic N) is 2. The fourth-order valence-electron chi connectivity index (χ4n) is 2.76. The number of carbonyl (C=O) groups excluding carboxylic acids is 1. The van der Waals surface area contributed by atoms with Gasteiger partial charge in [-0.05, 0) is 74.1 Å². The molecule has 1 aromatic heterocycles. The number of aromatic amines is 1. The molecule has 0 aliphatic heterocycles. The Balaban J connectivity index is 1.67. The molecule has 0 radical (unpaired) electrons. The number of rotatable bonds is 7. The molecule has 0 atom stereocenters. The average molecular weight is 450 g/mol. The van der Waals surface area contributed by atoms with E-state index in [1.165, 1.54) is 43.3 Å². The van der Waals surface area contributed by atoms with Crippen LogP contribution < -0.4 is 10.0 Å². The lowest BCUT2D eigenvalue weighted by Crippen LogP contribution is -2.24. The number of nitrogens with one attached hydrogen (secondary N) is 3. The van der Waals surface area contributed by atoms with E-state index < -0.39 is 15.8 Å². The molecule has 3 rings (SSSR count). The van der Waals surface area contributed by atoms with Crippen molar-refractivity contribution in [3.63, 3.8) is 0 Å². The first kappa shape index (κ1) is 21.7. The molecule has 1 heterocycles. The summed E-state index contributed by atoms with van der Waals surface area (Å²) in [6, 6.07) is 9.51. The Hall–Kier alpha value is -3.05. The van der Waals surface area contributed by atoms with E-state index in [0.29, 0.717) is 22.7 Å². The lowest BCUT2D eigenvalue weighted by Gasteiger charge is -2.10. The maximum atomic E-state index is 13.4. The Morgan fingerprint density at radius 1 is 1.23 bits per heavy atom. The quantitative estimate of drug-likeness (QED) is 0.480. The molecular formula is C19H20FN5O3S2. The van der Waals surface area contributed by atoms with Gasteiger partial charge in [0.05, 0.1) is 11.4 Å². The summed E-state index contributed by atoms with van der Waals surface area (Å²) in [5.74, 6) is -0.211. The normalized spacial score (nSPS) is 11.3. The van der Waals surface area contributed by atoms with Gasteiger partial charge >= 0.3 is 0 Å².